The Balaban J connectivity index is 2.36. The van der Waals surface area contributed by atoms with Gasteiger partial charge >= 0.3 is 0 Å². The summed E-state index contributed by atoms with van der Waals surface area (Å²) in [6.07, 6.45) is 8.03. The van der Waals surface area contributed by atoms with Crippen LogP contribution in [0.3, 0.4) is 0 Å². The van der Waals surface area contributed by atoms with Gasteiger partial charge in [-0.25, -0.2) is 0 Å². The summed E-state index contributed by atoms with van der Waals surface area (Å²) in [7, 11) is 0. The number of rotatable bonds is 3. The van der Waals surface area contributed by atoms with Crippen molar-refractivity contribution in [2.24, 2.45) is 17.6 Å². The summed E-state index contributed by atoms with van der Waals surface area (Å²) in [4.78, 5) is 0. The van der Waals surface area contributed by atoms with Gasteiger partial charge in [-0.1, -0.05) is 26.7 Å². The molecule has 0 aliphatic heterocycles. The molecule has 0 aromatic heterocycles. The molecular formula is C11H23N. The molecule has 3 unspecified atom stereocenters. The van der Waals surface area contributed by atoms with Gasteiger partial charge in [-0.2, -0.15) is 0 Å². The molecule has 2 N–H and O–H groups in total. The Hall–Kier alpha value is -0.0400. The zero-order chi connectivity index (χ0) is 8.97. The van der Waals surface area contributed by atoms with Gasteiger partial charge in [-0.05, 0) is 37.5 Å². The smallest absolute Gasteiger partial charge is 0.00673 e. The van der Waals surface area contributed by atoms with Gasteiger partial charge in [0, 0.05) is 6.04 Å². The van der Waals surface area contributed by atoms with Gasteiger partial charge in [0.2, 0.25) is 0 Å². The molecule has 0 amide bonds. The second-order valence-corrected chi connectivity index (χ2v) is 4.30. The average molecular weight is 169 g/mol. The summed E-state index contributed by atoms with van der Waals surface area (Å²) in [6, 6.07) is 0.507. The SMILES string of the molecule is CCCC1CC(CC)CCC1N. The molecule has 1 aliphatic carbocycles. The van der Waals surface area contributed by atoms with Crippen LogP contribution in [0.5, 0.6) is 0 Å². The van der Waals surface area contributed by atoms with Crippen LogP contribution >= 0.6 is 0 Å². The lowest BCUT2D eigenvalue weighted by Crippen LogP contribution is -2.35. The molecule has 0 radical (unpaired) electrons. The third-order valence-electron chi connectivity index (χ3n) is 3.39. The highest BCUT2D eigenvalue weighted by Gasteiger charge is 2.26. The predicted octanol–water partition coefficient (Wildman–Crippen LogP) is 2.94. The molecule has 0 aromatic carbocycles. The highest BCUT2D eigenvalue weighted by molar-refractivity contribution is 4.81. The Morgan fingerprint density at radius 3 is 2.58 bits per heavy atom. The Labute approximate surface area is 76.7 Å². The van der Waals surface area contributed by atoms with E-state index in [0.717, 1.165) is 11.8 Å². The van der Waals surface area contributed by atoms with Crippen LogP contribution in [0, 0.1) is 11.8 Å². The van der Waals surface area contributed by atoms with Gasteiger partial charge in [0.25, 0.3) is 0 Å². The lowest BCUT2D eigenvalue weighted by molar-refractivity contribution is 0.216. The van der Waals surface area contributed by atoms with Crippen LogP contribution < -0.4 is 5.73 Å². The summed E-state index contributed by atoms with van der Waals surface area (Å²) < 4.78 is 0. The molecule has 1 rings (SSSR count). The largest absolute Gasteiger partial charge is 0.327 e. The van der Waals surface area contributed by atoms with E-state index in [1.165, 1.54) is 38.5 Å². The summed E-state index contributed by atoms with van der Waals surface area (Å²) in [5, 5.41) is 0. The first kappa shape index (κ1) is 10.0. The summed E-state index contributed by atoms with van der Waals surface area (Å²) in [5.41, 5.74) is 6.08. The van der Waals surface area contributed by atoms with Crippen molar-refractivity contribution in [3.63, 3.8) is 0 Å². The van der Waals surface area contributed by atoms with E-state index in [1.807, 2.05) is 0 Å². The molecule has 0 bridgehead atoms. The first-order chi connectivity index (χ1) is 5.77. The molecule has 1 fully saturated rings. The fourth-order valence-electron chi connectivity index (χ4n) is 2.46. The third kappa shape index (κ3) is 2.48. The number of hydrogen-bond acceptors (Lipinski definition) is 1. The van der Waals surface area contributed by atoms with Crippen molar-refractivity contribution >= 4 is 0 Å². The first-order valence-corrected chi connectivity index (χ1v) is 5.53. The van der Waals surface area contributed by atoms with Crippen LogP contribution in [0.2, 0.25) is 0 Å². The molecule has 0 aromatic rings. The lowest BCUT2D eigenvalue weighted by atomic mass is 9.75. The Bertz CT molecular complexity index is 122. The Morgan fingerprint density at radius 1 is 1.25 bits per heavy atom. The fourth-order valence-corrected chi connectivity index (χ4v) is 2.46. The number of hydrogen-bond donors (Lipinski definition) is 1. The van der Waals surface area contributed by atoms with Gasteiger partial charge in [0.15, 0.2) is 0 Å². The van der Waals surface area contributed by atoms with Crippen molar-refractivity contribution < 1.29 is 0 Å². The Kier molecular flexibility index (Phi) is 4.07. The predicted molar refractivity (Wildman–Crippen MR) is 54.0 cm³/mol. The summed E-state index contributed by atoms with van der Waals surface area (Å²) in [6.45, 7) is 4.58. The van der Waals surface area contributed by atoms with Crippen molar-refractivity contribution in [3.8, 4) is 0 Å². The third-order valence-corrected chi connectivity index (χ3v) is 3.39. The second-order valence-electron chi connectivity index (χ2n) is 4.30. The van der Waals surface area contributed by atoms with E-state index < -0.39 is 0 Å². The van der Waals surface area contributed by atoms with E-state index in [9.17, 15) is 0 Å². The topological polar surface area (TPSA) is 26.0 Å². The molecule has 0 spiro atoms. The maximum Gasteiger partial charge on any atom is 0.00673 e. The number of nitrogens with two attached hydrogens (primary N) is 1. The molecule has 1 nitrogen and oxygen atoms in total. The van der Waals surface area contributed by atoms with Crippen LogP contribution in [0.15, 0.2) is 0 Å². The van der Waals surface area contributed by atoms with E-state index in [2.05, 4.69) is 13.8 Å². The molecule has 72 valence electrons. The Morgan fingerprint density at radius 2 is 2.00 bits per heavy atom. The van der Waals surface area contributed by atoms with Crippen LogP contribution in [0.25, 0.3) is 0 Å². The fraction of sp³-hybridized carbons (Fsp3) is 1.00. The van der Waals surface area contributed by atoms with Gasteiger partial charge in [0.05, 0.1) is 0 Å². The first-order valence-electron chi connectivity index (χ1n) is 5.53. The van der Waals surface area contributed by atoms with E-state index >= 15 is 0 Å². The second kappa shape index (κ2) is 4.86. The summed E-state index contributed by atoms with van der Waals surface area (Å²) >= 11 is 0. The molecular weight excluding hydrogens is 146 g/mol. The van der Waals surface area contributed by atoms with Crippen molar-refractivity contribution in [3.05, 3.63) is 0 Å². The molecule has 0 heterocycles. The van der Waals surface area contributed by atoms with Gasteiger partial charge < -0.3 is 5.73 Å². The minimum atomic E-state index is 0.507. The quantitative estimate of drug-likeness (QED) is 0.690. The molecule has 0 saturated heterocycles. The minimum absolute atomic E-state index is 0.507. The molecule has 12 heavy (non-hydrogen) atoms. The van der Waals surface area contributed by atoms with Gasteiger partial charge in [0.1, 0.15) is 0 Å². The van der Waals surface area contributed by atoms with E-state index in [1.54, 1.807) is 0 Å². The van der Waals surface area contributed by atoms with Crippen LogP contribution in [-0.4, -0.2) is 6.04 Å². The van der Waals surface area contributed by atoms with Crippen molar-refractivity contribution in [2.45, 2.75) is 58.4 Å². The summed E-state index contributed by atoms with van der Waals surface area (Å²) in [5.74, 6) is 1.80. The highest BCUT2D eigenvalue weighted by atomic mass is 14.7. The zero-order valence-electron chi connectivity index (χ0n) is 8.55. The minimum Gasteiger partial charge on any atom is -0.327 e. The van der Waals surface area contributed by atoms with Crippen molar-refractivity contribution in [1.29, 1.82) is 0 Å². The van der Waals surface area contributed by atoms with Crippen LogP contribution in [0.4, 0.5) is 0 Å². The van der Waals surface area contributed by atoms with E-state index in [0.29, 0.717) is 6.04 Å². The van der Waals surface area contributed by atoms with E-state index in [-0.39, 0.29) is 0 Å². The molecule has 3 atom stereocenters. The maximum absolute atomic E-state index is 6.08. The van der Waals surface area contributed by atoms with Crippen molar-refractivity contribution in [1.82, 2.24) is 0 Å². The normalized spacial score (nSPS) is 36.8. The standard InChI is InChI=1S/C11H23N/c1-3-5-10-8-9(4-2)6-7-11(10)12/h9-11H,3-8,12H2,1-2H3. The van der Waals surface area contributed by atoms with Crippen LogP contribution in [0.1, 0.15) is 52.4 Å². The zero-order valence-corrected chi connectivity index (χ0v) is 8.55. The molecule has 1 aliphatic rings. The highest BCUT2D eigenvalue weighted by Crippen LogP contribution is 2.32. The monoisotopic (exact) mass is 169 g/mol. The molecule has 1 saturated carbocycles. The van der Waals surface area contributed by atoms with Crippen molar-refractivity contribution in [2.75, 3.05) is 0 Å². The average Bonchev–Trinajstić information content (AvgIpc) is 2.09. The van der Waals surface area contributed by atoms with Crippen LogP contribution in [-0.2, 0) is 0 Å². The van der Waals surface area contributed by atoms with E-state index in [4.69, 9.17) is 5.73 Å². The van der Waals surface area contributed by atoms with Gasteiger partial charge in [-0.3, -0.25) is 0 Å². The molecule has 1 heteroatoms. The lowest BCUT2D eigenvalue weighted by Gasteiger charge is -2.33. The maximum atomic E-state index is 6.08. The van der Waals surface area contributed by atoms with Gasteiger partial charge in [-0.15, -0.1) is 0 Å².